The Kier molecular flexibility index (Phi) is 8.89. The number of aryl methyl sites for hydroxylation is 1. The van der Waals surface area contributed by atoms with E-state index in [4.69, 9.17) is 15.2 Å². The van der Waals surface area contributed by atoms with E-state index in [1.807, 2.05) is 19.1 Å². The fourth-order valence-electron chi connectivity index (χ4n) is 4.93. The van der Waals surface area contributed by atoms with Crippen molar-refractivity contribution in [1.82, 2.24) is 4.57 Å². The van der Waals surface area contributed by atoms with Crippen molar-refractivity contribution in [2.45, 2.75) is 78.7 Å². The van der Waals surface area contributed by atoms with Crippen LogP contribution in [0.5, 0.6) is 11.5 Å². The average Bonchev–Trinajstić information content (AvgIpc) is 3.13. The molecule has 0 unspecified atom stereocenters. The van der Waals surface area contributed by atoms with Gasteiger partial charge in [-0.1, -0.05) is 70.9 Å². The van der Waals surface area contributed by atoms with E-state index < -0.39 is 0 Å². The van der Waals surface area contributed by atoms with Crippen molar-refractivity contribution in [1.29, 1.82) is 0 Å². The molecular weight excluding hydrogens is 448 g/mol. The second-order valence-electron chi connectivity index (χ2n) is 10.5. The van der Waals surface area contributed by atoms with Crippen molar-refractivity contribution in [3.63, 3.8) is 0 Å². The number of hydrogen-bond acceptors (Lipinski definition) is 3. The fourth-order valence-corrected chi connectivity index (χ4v) is 4.93. The number of benzene rings is 2. The Bertz CT molecular complexity index is 1180. The van der Waals surface area contributed by atoms with E-state index in [0.29, 0.717) is 5.56 Å². The third kappa shape index (κ3) is 5.95. The largest absolute Gasteiger partial charge is 0.493 e. The van der Waals surface area contributed by atoms with Gasteiger partial charge in [-0.05, 0) is 60.4 Å². The molecule has 0 fully saturated rings. The molecule has 194 valence electrons. The van der Waals surface area contributed by atoms with Crippen LogP contribution < -0.4 is 15.2 Å². The van der Waals surface area contributed by atoms with Crippen molar-refractivity contribution < 1.29 is 14.3 Å². The number of hydrogen-bond donors (Lipinski definition) is 1. The van der Waals surface area contributed by atoms with Crippen LogP contribution in [0, 0.1) is 6.92 Å². The van der Waals surface area contributed by atoms with Crippen molar-refractivity contribution in [2.75, 3.05) is 14.2 Å². The first kappa shape index (κ1) is 27.4. The number of amides is 1. The zero-order valence-electron chi connectivity index (χ0n) is 23.0. The highest BCUT2D eigenvalue weighted by molar-refractivity contribution is 6.02. The summed E-state index contributed by atoms with van der Waals surface area (Å²) in [5, 5.41) is 0. The third-order valence-electron chi connectivity index (χ3n) is 7.01. The van der Waals surface area contributed by atoms with Gasteiger partial charge in [0.1, 0.15) is 0 Å². The lowest BCUT2D eigenvalue weighted by Crippen LogP contribution is -2.14. The molecule has 0 bridgehead atoms. The highest BCUT2D eigenvalue weighted by Crippen LogP contribution is 2.36. The molecule has 36 heavy (non-hydrogen) atoms. The molecular formula is C31H42N2O3. The molecule has 0 saturated carbocycles. The molecule has 0 aliphatic rings. The highest BCUT2D eigenvalue weighted by Gasteiger charge is 2.25. The first-order valence-corrected chi connectivity index (χ1v) is 13.0. The molecule has 1 heterocycles. The lowest BCUT2D eigenvalue weighted by atomic mass is 9.86. The maximum absolute atomic E-state index is 12.7. The highest BCUT2D eigenvalue weighted by atomic mass is 16.5. The molecule has 0 atom stereocenters. The van der Waals surface area contributed by atoms with Crippen LogP contribution in [0.3, 0.4) is 0 Å². The Morgan fingerprint density at radius 1 is 0.944 bits per heavy atom. The van der Waals surface area contributed by atoms with Crippen molar-refractivity contribution in [3.05, 3.63) is 70.5 Å². The topological polar surface area (TPSA) is 66.5 Å². The summed E-state index contributed by atoms with van der Waals surface area (Å²) < 4.78 is 13.2. The Labute approximate surface area is 216 Å². The molecule has 2 aromatic carbocycles. The summed E-state index contributed by atoms with van der Waals surface area (Å²) in [6.45, 7) is 11.6. The molecule has 0 spiro atoms. The van der Waals surface area contributed by atoms with Gasteiger partial charge in [-0.15, -0.1) is 0 Å². The predicted molar refractivity (Wildman–Crippen MR) is 148 cm³/mol. The van der Waals surface area contributed by atoms with Gasteiger partial charge in [0.2, 0.25) is 0 Å². The zero-order valence-corrected chi connectivity index (χ0v) is 23.0. The van der Waals surface area contributed by atoms with Gasteiger partial charge in [-0.3, -0.25) is 4.79 Å². The van der Waals surface area contributed by atoms with Gasteiger partial charge in [0.05, 0.1) is 19.8 Å². The van der Waals surface area contributed by atoms with E-state index in [1.165, 1.54) is 11.3 Å². The normalized spacial score (nSPS) is 11.5. The summed E-state index contributed by atoms with van der Waals surface area (Å²) in [4.78, 5) is 12.7. The quantitative estimate of drug-likeness (QED) is 0.299. The summed E-state index contributed by atoms with van der Waals surface area (Å²) in [5.74, 6) is 1.07. The van der Waals surface area contributed by atoms with Gasteiger partial charge in [0, 0.05) is 23.5 Å². The Balaban J connectivity index is 2.07. The van der Waals surface area contributed by atoms with Crippen LogP contribution in [-0.4, -0.2) is 24.7 Å². The SMILES string of the molecule is CCCCCc1c(-c2ccc(C(C)(C)C)cc2)c(C(N)=O)c(C)n1CCc1ccc(OC)c(OC)c1. The van der Waals surface area contributed by atoms with Crippen LogP contribution in [0.25, 0.3) is 11.1 Å². The van der Waals surface area contributed by atoms with Gasteiger partial charge < -0.3 is 19.8 Å². The van der Waals surface area contributed by atoms with E-state index in [-0.39, 0.29) is 11.3 Å². The third-order valence-corrected chi connectivity index (χ3v) is 7.01. The van der Waals surface area contributed by atoms with Crippen molar-refractivity contribution in [2.24, 2.45) is 5.73 Å². The maximum atomic E-state index is 12.7. The lowest BCUT2D eigenvalue weighted by molar-refractivity contribution is 0.1000. The summed E-state index contributed by atoms with van der Waals surface area (Å²) >= 11 is 0. The van der Waals surface area contributed by atoms with Gasteiger partial charge in [-0.25, -0.2) is 0 Å². The van der Waals surface area contributed by atoms with E-state index in [2.05, 4.69) is 62.6 Å². The number of ether oxygens (including phenoxy) is 2. The Morgan fingerprint density at radius 3 is 2.17 bits per heavy atom. The number of nitrogens with zero attached hydrogens (tertiary/aromatic N) is 1. The van der Waals surface area contributed by atoms with Crippen LogP contribution in [0.4, 0.5) is 0 Å². The number of unbranched alkanes of at least 4 members (excludes halogenated alkanes) is 2. The zero-order chi connectivity index (χ0) is 26.5. The van der Waals surface area contributed by atoms with Gasteiger partial charge >= 0.3 is 0 Å². The summed E-state index contributed by atoms with van der Waals surface area (Å²) in [5.41, 5.74) is 13.3. The molecule has 0 aliphatic heterocycles. The molecule has 5 nitrogen and oxygen atoms in total. The Hall–Kier alpha value is -3.21. The van der Waals surface area contributed by atoms with Gasteiger partial charge in [-0.2, -0.15) is 0 Å². The number of nitrogens with two attached hydrogens (primary N) is 1. The molecule has 0 aliphatic carbocycles. The lowest BCUT2D eigenvalue weighted by Gasteiger charge is -2.19. The monoisotopic (exact) mass is 490 g/mol. The van der Waals surface area contributed by atoms with Crippen molar-refractivity contribution in [3.8, 4) is 22.6 Å². The van der Waals surface area contributed by atoms with E-state index >= 15 is 0 Å². The molecule has 1 amide bonds. The minimum atomic E-state index is -0.371. The smallest absolute Gasteiger partial charge is 0.251 e. The van der Waals surface area contributed by atoms with Crippen LogP contribution in [0.1, 0.15) is 79.8 Å². The van der Waals surface area contributed by atoms with E-state index in [1.54, 1.807) is 14.2 Å². The van der Waals surface area contributed by atoms with E-state index in [9.17, 15) is 4.79 Å². The number of carbonyl (C=O) groups is 1. The number of rotatable bonds is 11. The number of methoxy groups -OCH3 is 2. The first-order valence-electron chi connectivity index (χ1n) is 13.0. The minimum absolute atomic E-state index is 0.0657. The maximum Gasteiger partial charge on any atom is 0.251 e. The fraction of sp³-hybridized carbons (Fsp3) is 0.452. The van der Waals surface area contributed by atoms with E-state index in [0.717, 1.165) is 72.5 Å². The Morgan fingerprint density at radius 2 is 1.61 bits per heavy atom. The summed E-state index contributed by atoms with van der Waals surface area (Å²) in [6.07, 6.45) is 5.07. The summed E-state index contributed by atoms with van der Waals surface area (Å²) in [7, 11) is 3.30. The van der Waals surface area contributed by atoms with Crippen LogP contribution in [0.15, 0.2) is 42.5 Å². The predicted octanol–water partition coefficient (Wildman–Crippen LogP) is 6.85. The second kappa shape index (κ2) is 11.7. The molecule has 0 radical (unpaired) electrons. The summed E-state index contributed by atoms with van der Waals surface area (Å²) in [6, 6.07) is 14.7. The van der Waals surface area contributed by atoms with Gasteiger partial charge in [0.15, 0.2) is 11.5 Å². The molecule has 1 aromatic heterocycles. The first-order chi connectivity index (χ1) is 17.1. The molecule has 3 rings (SSSR count). The minimum Gasteiger partial charge on any atom is -0.493 e. The second-order valence-corrected chi connectivity index (χ2v) is 10.5. The molecule has 5 heteroatoms. The van der Waals surface area contributed by atoms with Crippen LogP contribution in [-0.2, 0) is 24.8 Å². The standard InChI is InChI=1S/C31H42N2O3/c1-8-9-10-11-25-29(23-13-15-24(16-14-23)31(3,4)5)28(30(32)34)21(2)33(25)19-18-22-12-17-26(35-6)27(20-22)36-7/h12-17,20H,8-11,18-19H2,1-7H3,(H2,32,34). The van der Waals surface area contributed by atoms with Crippen LogP contribution in [0.2, 0.25) is 0 Å². The number of carbonyl (C=O) groups excluding carboxylic acids is 1. The average molecular weight is 491 g/mol. The molecule has 0 saturated heterocycles. The van der Waals surface area contributed by atoms with Crippen LogP contribution >= 0.6 is 0 Å². The number of primary amides is 1. The number of aromatic nitrogens is 1. The van der Waals surface area contributed by atoms with Gasteiger partial charge in [0.25, 0.3) is 5.91 Å². The molecule has 2 N–H and O–H groups in total. The molecule has 3 aromatic rings. The van der Waals surface area contributed by atoms with Crippen molar-refractivity contribution >= 4 is 5.91 Å².